The molecule has 3 nitrogen and oxygen atoms in total. The van der Waals surface area contributed by atoms with Crippen LogP contribution in [0.2, 0.25) is 0 Å². The Kier molecular flexibility index (Phi) is 4.39. The van der Waals surface area contributed by atoms with Gasteiger partial charge in [0.1, 0.15) is 5.82 Å². The lowest BCUT2D eigenvalue weighted by atomic mass is 10.1. The van der Waals surface area contributed by atoms with Crippen molar-refractivity contribution in [1.82, 2.24) is 10.3 Å². The molecule has 1 aliphatic rings. The minimum Gasteiger partial charge on any atom is -0.359 e. The lowest BCUT2D eigenvalue weighted by Gasteiger charge is -2.25. The molecule has 3 heteroatoms. The van der Waals surface area contributed by atoms with Crippen LogP contribution in [-0.2, 0) is 6.54 Å². The van der Waals surface area contributed by atoms with Crippen LogP contribution < -0.4 is 10.2 Å². The van der Waals surface area contributed by atoms with Crippen LogP contribution >= 0.6 is 0 Å². The normalized spacial score (nSPS) is 15.7. The maximum Gasteiger partial charge on any atom is 0.133 e. The van der Waals surface area contributed by atoms with E-state index in [4.69, 9.17) is 4.98 Å². The second kappa shape index (κ2) is 6.44. The summed E-state index contributed by atoms with van der Waals surface area (Å²) in [4.78, 5) is 7.28. The summed E-state index contributed by atoms with van der Waals surface area (Å²) in [5, 5.41) is 4.49. The zero-order valence-corrected chi connectivity index (χ0v) is 13.1. The first kappa shape index (κ1) is 14.3. The van der Waals surface area contributed by atoms with Gasteiger partial charge in [-0.05, 0) is 37.9 Å². The van der Waals surface area contributed by atoms with Gasteiger partial charge in [-0.2, -0.15) is 0 Å². The predicted octanol–water partition coefficient (Wildman–Crippen LogP) is 3.58. The second-order valence-electron chi connectivity index (χ2n) is 6.23. The van der Waals surface area contributed by atoms with Crippen molar-refractivity contribution in [2.75, 3.05) is 25.5 Å². The molecule has 1 saturated carbocycles. The van der Waals surface area contributed by atoms with Crippen LogP contribution in [0.5, 0.6) is 0 Å². The molecular weight excluding hydrogens is 258 g/mol. The maximum atomic E-state index is 4.92. The third kappa shape index (κ3) is 3.18. The van der Waals surface area contributed by atoms with Gasteiger partial charge in [0.15, 0.2) is 0 Å². The van der Waals surface area contributed by atoms with E-state index < -0.39 is 0 Å². The molecule has 1 aromatic heterocycles. The highest BCUT2D eigenvalue weighted by Crippen LogP contribution is 2.28. The zero-order valence-electron chi connectivity index (χ0n) is 13.1. The largest absolute Gasteiger partial charge is 0.359 e. The van der Waals surface area contributed by atoms with Crippen LogP contribution in [0, 0.1) is 5.92 Å². The summed E-state index contributed by atoms with van der Waals surface area (Å²) >= 11 is 0. The molecule has 0 spiro atoms. The fourth-order valence-corrected chi connectivity index (χ4v) is 3.47. The molecule has 1 aromatic carbocycles. The first-order valence-corrected chi connectivity index (χ1v) is 8.02. The minimum atomic E-state index is 0.839. The molecule has 0 radical (unpaired) electrons. The Bertz CT molecular complexity index is 602. The Balaban J connectivity index is 1.91. The summed E-state index contributed by atoms with van der Waals surface area (Å²) in [6, 6.07) is 10.7. The van der Waals surface area contributed by atoms with E-state index in [2.05, 4.69) is 47.6 Å². The van der Waals surface area contributed by atoms with Gasteiger partial charge in [0.2, 0.25) is 0 Å². The minimum absolute atomic E-state index is 0.839. The van der Waals surface area contributed by atoms with Crippen molar-refractivity contribution >= 4 is 16.7 Å². The Hall–Kier alpha value is -1.61. The number of rotatable bonds is 5. The van der Waals surface area contributed by atoms with E-state index in [1.54, 1.807) is 0 Å². The van der Waals surface area contributed by atoms with Crippen molar-refractivity contribution in [2.24, 2.45) is 5.92 Å². The van der Waals surface area contributed by atoms with Crippen molar-refractivity contribution in [3.05, 3.63) is 35.9 Å². The number of pyridine rings is 1. The van der Waals surface area contributed by atoms with Crippen molar-refractivity contribution in [2.45, 2.75) is 32.2 Å². The molecular formula is C18H25N3. The van der Waals surface area contributed by atoms with Crippen molar-refractivity contribution in [3.8, 4) is 0 Å². The van der Waals surface area contributed by atoms with Crippen molar-refractivity contribution in [3.63, 3.8) is 0 Å². The average Bonchev–Trinajstić information content (AvgIpc) is 2.99. The molecule has 21 heavy (non-hydrogen) atoms. The molecule has 0 bridgehead atoms. The van der Waals surface area contributed by atoms with E-state index in [-0.39, 0.29) is 0 Å². The molecule has 1 aliphatic carbocycles. The number of fused-ring (bicyclic) bond motifs is 1. The standard InChI is InChI=1S/C18H25N3/c1-19-12-16-11-15-9-5-6-10-17(15)20-18(16)21(2)13-14-7-3-4-8-14/h5-6,9-11,14,19H,3-4,7-8,12-13H2,1-2H3. The molecule has 1 N–H and O–H groups in total. The van der Waals surface area contributed by atoms with Crippen LogP contribution in [0.1, 0.15) is 31.2 Å². The molecule has 1 fully saturated rings. The summed E-state index contributed by atoms with van der Waals surface area (Å²) < 4.78 is 0. The van der Waals surface area contributed by atoms with Gasteiger partial charge in [0.05, 0.1) is 5.52 Å². The topological polar surface area (TPSA) is 28.2 Å². The van der Waals surface area contributed by atoms with E-state index in [1.165, 1.54) is 36.6 Å². The van der Waals surface area contributed by atoms with Gasteiger partial charge in [-0.3, -0.25) is 0 Å². The van der Waals surface area contributed by atoms with Gasteiger partial charge in [-0.25, -0.2) is 4.98 Å². The highest BCUT2D eigenvalue weighted by Gasteiger charge is 2.19. The van der Waals surface area contributed by atoms with Crippen molar-refractivity contribution < 1.29 is 0 Å². The summed E-state index contributed by atoms with van der Waals surface area (Å²) in [5.41, 5.74) is 2.38. The third-order valence-corrected chi connectivity index (χ3v) is 4.52. The number of anilines is 1. The molecule has 0 unspecified atom stereocenters. The van der Waals surface area contributed by atoms with E-state index >= 15 is 0 Å². The van der Waals surface area contributed by atoms with E-state index in [9.17, 15) is 0 Å². The van der Waals surface area contributed by atoms with Crippen LogP contribution in [0.15, 0.2) is 30.3 Å². The van der Waals surface area contributed by atoms with Gasteiger partial charge >= 0.3 is 0 Å². The second-order valence-corrected chi connectivity index (χ2v) is 6.23. The summed E-state index contributed by atoms with van der Waals surface area (Å²) in [5.74, 6) is 1.97. The predicted molar refractivity (Wildman–Crippen MR) is 89.7 cm³/mol. The quantitative estimate of drug-likeness (QED) is 0.909. The monoisotopic (exact) mass is 283 g/mol. The Morgan fingerprint density at radius 2 is 2.00 bits per heavy atom. The zero-order chi connectivity index (χ0) is 14.7. The van der Waals surface area contributed by atoms with E-state index in [1.807, 2.05) is 7.05 Å². The SMILES string of the molecule is CNCc1cc2ccccc2nc1N(C)CC1CCCC1. The van der Waals surface area contributed by atoms with Gasteiger partial charge in [0, 0.05) is 31.1 Å². The molecule has 0 atom stereocenters. The smallest absolute Gasteiger partial charge is 0.133 e. The third-order valence-electron chi connectivity index (χ3n) is 4.52. The molecule has 1 heterocycles. The first-order chi connectivity index (χ1) is 10.3. The highest BCUT2D eigenvalue weighted by atomic mass is 15.2. The van der Waals surface area contributed by atoms with Crippen LogP contribution in [0.4, 0.5) is 5.82 Å². The first-order valence-electron chi connectivity index (χ1n) is 8.02. The fourth-order valence-electron chi connectivity index (χ4n) is 3.47. The number of hydrogen-bond donors (Lipinski definition) is 1. The number of para-hydroxylation sites is 1. The molecule has 0 saturated heterocycles. The van der Waals surface area contributed by atoms with Gasteiger partial charge < -0.3 is 10.2 Å². The maximum absolute atomic E-state index is 4.92. The van der Waals surface area contributed by atoms with Gasteiger partial charge in [-0.15, -0.1) is 0 Å². The van der Waals surface area contributed by atoms with Crippen LogP contribution in [0.3, 0.4) is 0 Å². The Morgan fingerprint density at radius 3 is 2.76 bits per heavy atom. The number of aromatic nitrogens is 1. The summed E-state index contributed by atoms with van der Waals surface area (Å²) in [6.07, 6.45) is 5.54. The van der Waals surface area contributed by atoms with Crippen LogP contribution in [0.25, 0.3) is 10.9 Å². The highest BCUT2D eigenvalue weighted by molar-refractivity contribution is 5.81. The lowest BCUT2D eigenvalue weighted by Crippen LogP contribution is -2.26. The average molecular weight is 283 g/mol. The number of nitrogens with zero attached hydrogens (tertiary/aromatic N) is 2. The van der Waals surface area contributed by atoms with E-state index in [0.717, 1.165) is 30.3 Å². The number of hydrogen-bond acceptors (Lipinski definition) is 3. The molecule has 0 aliphatic heterocycles. The molecule has 2 aromatic rings. The molecule has 3 rings (SSSR count). The van der Waals surface area contributed by atoms with Crippen LogP contribution in [-0.4, -0.2) is 25.6 Å². The van der Waals surface area contributed by atoms with Crippen molar-refractivity contribution in [1.29, 1.82) is 0 Å². The lowest BCUT2D eigenvalue weighted by molar-refractivity contribution is 0.544. The summed E-state index contributed by atoms with van der Waals surface area (Å²) in [6.45, 7) is 1.99. The Labute approximate surface area is 127 Å². The number of nitrogens with one attached hydrogen (secondary N) is 1. The number of benzene rings is 1. The van der Waals surface area contributed by atoms with Gasteiger partial charge in [0.25, 0.3) is 0 Å². The van der Waals surface area contributed by atoms with E-state index in [0.29, 0.717) is 0 Å². The fraction of sp³-hybridized carbons (Fsp3) is 0.500. The summed E-state index contributed by atoms with van der Waals surface area (Å²) in [7, 11) is 4.19. The Morgan fingerprint density at radius 1 is 1.24 bits per heavy atom. The molecule has 112 valence electrons. The van der Waals surface area contributed by atoms with Gasteiger partial charge in [-0.1, -0.05) is 31.0 Å². The molecule has 0 amide bonds.